The van der Waals surface area contributed by atoms with E-state index >= 15 is 0 Å². The number of furan rings is 2. The number of nitrogens with zero attached hydrogens (tertiary/aromatic N) is 2. The molecule has 0 bridgehead atoms. The average Bonchev–Trinajstić information content (AvgIpc) is 4.06. The topological polar surface area (TPSA) is 32.8 Å². The highest BCUT2D eigenvalue weighted by molar-refractivity contribution is 7.09. The third kappa shape index (κ3) is 6.62. The number of aryl methyl sites for hydroxylation is 2. The normalized spacial score (nSPS) is 12.5. The van der Waals surface area contributed by atoms with E-state index in [2.05, 4.69) is 234 Å². The number of thiophene rings is 1. The van der Waals surface area contributed by atoms with Gasteiger partial charge in [-0.2, -0.15) is 11.3 Å². The van der Waals surface area contributed by atoms with E-state index < -0.39 is 0 Å². The van der Waals surface area contributed by atoms with Gasteiger partial charge in [0.25, 0.3) is 0 Å². The van der Waals surface area contributed by atoms with Gasteiger partial charge in [0.05, 0.1) is 22.1 Å². The Morgan fingerprint density at radius 3 is 1.16 bits per heavy atom. The van der Waals surface area contributed by atoms with Crippen LogP contribution in [0, 0.1) is 13.8 Å². The molecule has 12 rings (SSSR count). The predicted molar refractivity (Wildman–Crippen MR) is 288 cm³/mol. The van der Waals surface area contributed by atoms with E-state index in [1.54, 1.807) is 11.3 Å². The number of hydrogen-bond donors (Lipinski definition) is 0. The number of rotatable bonds is 6. The standard InChI is InChI=1S/C62H52N2O2S/c1-37-15-13-17-43(31-37)63(41-27-23-39(24-28-41)61(3,4)5)51-33-47-49-35-67-36-50(49)48-34-52(64(44-18-14-16-38(2)32-44)42-29-25-40(26-30-42)62(6,7)8)56-46-20-10-12-22-54(46)66-60(56)58(48)57(47)59-55(51)45-19-9-11-21-53(45)65-59/h9-36H,1-8H3. The lowest BCUT2D eigenvalue weighted by molar-refractivity contribution is 0.590. The molecular weight excluding hydrogens is 837 g/mol. The fraction of sp³-hybridized carbons (Fsp3) is 0.161. The van der Waals surface area contributed by atoms with Gasteiger partial charge in [-0.25, -0.2) is 0 Å². The van der Waals surface area contributed by atoms with E-state index in [0.717, 1.165) is 99.5 Å². The van der Waals surface area contributed by atoms with E-state index in [1.807, 2.05) is 0 Å². The fourth-order valence-electron chi connectivity index (χ4n) is 10.4. The molecule has 0 aliphatic rings. The van der Waals surface area contributed by atoms with Crippen LogP contribution in [0.3, 0.4) is 0 Å². The minimum absolute atomic E-state index is 0.0189. The molecule has 0 amide bonds. The van der Waals surface area contributed by atoms with Crippen molar-refractivity contribution in [1.29, 1.82) is 0 Å². The first kappa shape index (κ1) is 41.1. The third-order valence-electron chi connectivity index (χ3n) is 13.7. The van der Waals surface area contributed by atoms with Crippen LogP contribution in [0.1, 0.15) is 63.8 Å². The lowest BCUT2D eigenvalue weighted by atomic mass is 9.87. The Morgan fingerprint density at radius 1 is 0.373 bits per heavy atom. The van der Waals surface area contributed by atoms with Crippen molar-refractivity contribution in [2.24, 2.45) is 0 Å². The molecule has 0 fully saturated rings. The van der Waals surface area contributed by atoms with E-state index in [9.17, 15) is 0 Å². The molecule has 0 aliphatic heterocycles. The maximum atomic E-state index is 7.27. The molecule has 0 aliphatic carbocycles. The van der Waals surface area contributed by atoms with Crippen LogP contribution in [-0.2, 0) is 10.8 Å². The summed E-state index contributed by atoms with van der Waals surface area (Å²) in [6, 6.07) is 57.8. The number of fused-ring (bicyclic) bond motifs is 14. The van der Waals surface area contributed by atoms with Gasteiger partial charge in [-0.1, -0.05) is 126 Å². The average molecular weight is 889 g/mol. The number of para-hydroxylation sites is 2. The monoisotopic (exact) mass is 888 g/mol. The van der Waals surface area contributed by atoms with E-state index in [1.165, 1.54) is 33.0 Å². The van der Waals surface area contributed by atoms with Crippen LogP contribution in [0.2, 0.25) is 0 Å². The zero-order chi connectivity index (χ0) is 45.9. The van der Waals surface area contributed by atoms with Crippen LogP contribution in [0.5, 0.6) is 0 Å². The molecule has 328 valence electrons. The fourth-order valence-corrected chi connectivity index (χ4v) is 11.2. The van der Waals surface area contributed by atoms with Gasteiger partial charge in [-0.15, -0.1) is 0 Å². The van der Waals surface area contributed by atoms with Gasteiger partial charge in [0, 0.05) is 55.1 Å². The van der Waals surface area contributed by atoms with Gasteiger partial charge in [0.15, 0.2) is 0 Å². The van der Waals surface area contributed by atoms with Crippen molar-refractivity contribution in [3.63, 3.8) is 0 Å². The van der Waals surface area contributed by atoms with Crippen molar-refractivity contribution in [3.8, 4) is 0 Å². The quantitative estimate of drug-likeness (QED) is 0.156. The predicted octanol–water partition coefficient (Wildman–Crippen LogP) is 19.2. The maximum Gasteiger partial charge on any atom is 0.146 e. The van der Waals surface area contributed by atoms with Gasteiger partial charge in [0.2, 0.25) is 0 Å². The highest BCUT2D eigenvalue weighted by atomic mass is 32.1. The number of anilines is 6. The zero-order valence-corrected chi connectivity index (χ0v) is 40.1. The minimum atomic E-state index is 0.0189. The van der Waals surface area contributed by atoms with Crippen LogP contribution in [0.4, 0.5) is 34.1 Å². The highest BCUT2D eigenvalue weighted by Crippen LogP contribution is 2.54. The third-order valence-corrected chi connectivity index (χ3v) is 14.5. The summed E-state index contributed by atoms with van der Waals surface area (Å²) in [5.74, 6) is 0. The number of hydrogen-bond acceptors (Lipinski definition) is 5. The van der Waals surface area contributed by atoms with Crippen molar-refractivity contribution >= 4 is 122 Å². The summed E-state index contributed by atoms with van der Waals surface area (Å²) in [5, 5.41) is 15.6. The van der Waals surface area contributed by atoms with Crippen LogP contribution in [0.15, 0.2) is 177 Å². The Labute approximate surface area is 395 Å². The SMILES string of the molecule is Cc1cccc(N(c2ccc(C(C)(C)C)cc2)c2cc3c4cscc4c4cc(N(c5ccc(C(C)(C)C)cc5)c5cccc(C)c5)c5c6ccccc6oc5c4c3c3oc4ccccc4c23)c1. The van der Waals surface area contributed by atoms with E-state index in [4.69, 9.17) is 8.83 Å². The van der Waals surface area contributed by atoms with Gasteiger partial charge < -0.3 is 18.6 Å². The van der Waals surface area contributed by atoms with Crippen LogP contribution >= 0.6 is 11.3 Å². The number of benzene rings is 9. The summed E-state index contributed by atoms with van der Waals surface area (Å²) >= 11 is 1.74. The lowest BCUT2D eigenvalue weighted by Gasteiger charge is -2.29. The lowest BCUT2D eigenvalue weighted by Crippen LogP contribution is -2.13. The Kier molecular flexibility index (Phi) is 9.26. The summed E-state index contributed by atoms with van der Waals surface area (Å²) < 4.78 is 14.5. The molecule has 3 heterocycles. The Hall–Kier alpha value is -7.34. The molecular formula is C62H52N2O2S. The van der Waals surface area contributed by atoms with Crippen LogP contribution in [-0.4, -0.2) is 0 Å². The second-order valence-corrected chi connectivity index (χ2v) is 21.1. The molecule has 0 radical (unpaired) electrons. The minimum Gasteiger partial charge on any atom is -0.455 e. The van der Waals surface area contributed by atoms with Crippen LogP contribution in [0.25, 0.3) is 76.2 Å². The molecule has 5 heteroatoms. The smallest absolute Gasteiger partial charge is 0.146 e. The van der Waals surface area contributed by atoms with Gasteiger partial charge in [-0.3, -0.25) is 0 Å². The summed E-state index contributed by atoms with van der Waals surface area (Å²) in [4.78, 5) is 4.85. The van der Waals surface area contributed by atoms with Gasteiger partial charge >= 0.3 is 0 Å². The highest BCUT2D eigenvalue weighted by Gasteiger charge is 2.29. The summed E-state index contributed by atoms with van der Waals surface area (Å²) in [6.07, 6.45) is 0. The van der Waals surface area contributed by atoms with Crippen molar-refractivity contribution in [1.82, 2.24) is 0 Å². The molecule has 4 nitrogen and oxygen atoms in total. The van der Waals surface area contributed by atoms with E-state index in [0.29, 0.717) is 0 Å². The molecule has 0 atom stereocenters. The first-order valence-electron chi connectivity index (χ1n) is 23.3. The van der Waals surface area contributed by atoms with Gasteiger partial charge in [0.1, 0.15) is 22.3 Å². The second-order valence-electron chi connectivity index (χ2n) is 20.4. The molecule has 0 saturated carbocycles. The summed E-state index contributed by atoms with van der Waals surface area (Å²) in [6.45, 7) is 18.0. The van der Waals surface area contributed by atoms with Crippen molar-refractivity contribution in [2.45, 2.75) is 66.2 Å². The summed E-state index contributed by atoms with van der Waals surface area (Å²) in [7, 11) is 0. The first-order chi connectivity index (χ1) is 32.3. The Balaban J connectivity index is 1.24. The molecule has 0 N–H and O–H groups in total. The Bertz CT molecular complexity index is 3660. The largest absolute Gasteiger partial charge is 0.455 e. The van der Waals surface area contributed by atoms with Crippen molar-refractivity contribution in [3.05, 3.63) is 191 Å². The van der Waals surface area contributed by atoms with Gasteiger partial charge in [-0.05, 0) is 141 Å². The van der Waals surface area contributed by atoms with Crippen LogP contribution < -0.4 is 9.80 Å². The molecule has 12 aromatic rings. The van der Waals surface area contributed by atoms with Crippen molar-refractivity contribution < 1.29 is 8.83 Å². The molecule has 3 aromatic heterocycles. The molecule has 67 heavy (non-hydrogen) atoms. The first-order valence-corrected chi connectivity index (χ1v) is 24.2. The second kappa shape index (κ2) is 15.1. The van der Waals surface area contributed by atoms with E-state index in [-0.39, 0.29) is 10.8 Å². The molecule has 9 aromatic carbocycles. The Morgan fingerprint density at radius 2 is 0.776 bits per heavy atom. The summed E-state index contributed by atoms with van der Waals surface area (Å²) in [5.41, 5.74) is 14.9. The molecule has 0 unspecified atom stereocenters. The zero-order valence-electron chi connectivity index (χ0n) is 39.3. The van der Waals surface area contributed by atoms with Crippen molar-refractivity contribution in [2.75, 3.05) is 9.80 Å². The molecule has 0 saturated heterocycles. The maximum absolute atomic E-state index is 7.27. The molecule has 0 spiro atoms.